The fourth-order valence-electron chi connectivity index (χ4n) is 4.01. The van der Waals surface area contributed by atoms with Crippen molar-refractivity contribution in [3.8, 4) is 5.75 Å². The van der Waals surface area contributed by atoms with Gasteiger partial charge < -0.3 is 10.5 Å². The number of nitrogens with two attached hydrogens (primary N) is 1. The number of rotatable bonds is 8. The lowest BCUT2D eigenvalue weighted by molar-refractivity contribution is 0.321. The second-order valence-corrected chi connectivity index (χ2v) is 11.6. The zero-order chi connectivity index (χ0) is 22.7. The molecule has 0 saturated carbocycles. The Labute approximate surface area is 214 Å². The van der Waals surface area contributed by atoms with Gasteiger partial charge in [-0.2, -0.15) is 0 Å². The van der Waals surface area contributed by atoms with Gasteiger partial charge in [0.1, 0.15) is 16.6 Å². The molecule has 4 rings (SSSR count). The molecule has 1 aromatic heterocycles. The number of aryl methyl sites for hydroxylation is 1. The third kappa shape index (κ3) is 6.42. The molecular weight excluding hydrogens is 523 g/mol. The van der Waals surface area contributed by atoms with Crippen molar-refractivity contribution in [3.63, 3.8) is 0 Å². The molecule has 0 radical (unpaired) electrons. The molecular formula is C23H25Cl3N2O3S2. The van der Waals surface area contributed by atoms with Crippen LogP contribution in [0.1, 0.15) is 29.0 Å². The maximum Gasteiger partial charge on any atom is 0.250 e. The Hall–Kier alpha value is -1.32. The van der Waals surface area contributed by atoms with E-state index in [9.17, 15) is 8.42 Å². The number of sulfonamides is 1. The largest absolute Gasteiger partial charge is 0.492 e. The molecule has 0 fully saturated rings. The van der Waals surface area contributed by atoms with Crippen molar-refractivity contribution in [1.29, 1.82) is 0 Å². The van der Waals surface area contributed by atoms with E-state index in [1.807, 2.05) is 24.3 Å². The standard InChI is InChI=1S/C23H24Cl2N2O3S2.ClH/c24-17-6-3-16(21(25)13-17)12-20-19-14-18(7-4-15(19)5-8-22(20)26)30-10-9-27-32(28,29)23-2-1-11-31-23;/h1-4,6-7,11,13-14,20,22,27H,5,8-10,12,26H2;1H. The molecule has 0 saturated heterocycles. The lowest BCUT2D eigenvalue weighted by atomic mass is 9.76. The molecule has 0 spiro atoms. The van der Waals surface area contributed by atoms with Gasteiger partial charge in [0.2, 0.25) is 10.0 Å². The summed E-state index contributed by atoms with van der Waals surface area (Å²) in [5.74, 6) is 0.804. The van der Waals surface area contributed by atoms with Crippen LogP contribution in [0.15, 0.2) is 58.1 Å². The summed E-state index contributed by atoms with van der Waals surface area (Å²) in [6.07, 6.45) is 2.55. The number of fused-ring (bicyclic) bond motifs is 1. The van der Waals surface area contributed by atoms with Crippen LogP contribution in [0.5, 0.6) is 5.75 Å². The summed E-state index contributed by atoms with van der Waals surface area (Å²) >= 11 is 13.6. The van der Waals surface area contributed by atoms with Crippen molar-refractivity contribution >= 4 is 57.0 Å². The second kappa shape index (κ2) is 11.4. The summed E-state index contributed by atoms with van der Waals surface area (Å²) in [6, 6.07) is 14.9. The molecule has 1 heterocycles. The molecule has 2 atom stereocenters. The van der Waals surface area contributed by atoms with Crippen molar-refractivity contribution < 1.29 is 13.2 Å². The van der Waals surface area contributed by atoms with Gasteiger partial charge in [0, 0.05) is 28.5 Å². The van der Waals surface area contributed by atoms with E-state index >= 15 is 0 Å². The Kier molecular flexibility index (Phi) is 9.08. The van der Waals surface area contributed by atoms with Crippen molar-refractivity contribution in [1.82, 2.24) is 4.72 Å². The smallest absolute Gasteiger partial charge is 0.250 e. The fourth-order valence-corrected chi connectivity index (χ4v) is 6.54. The van der Waals surface area contributed by atoms with E-state index < -0.39 is 10.0 Å². The van der Waals surface area contributed by atoms with Crippen molar-refractivity contribution in [3.05, 3.63) is 80.6 Å². The minimum atomic E-state index is -3.49. The number of nitrogens with one attached hydrogen (secondary N) is 1. The molecule has 33 heavy (non-hydrogen) atoms. The Balaban J connectivity index is 0.00000306. The first kappa shape index (κ1) is 26.3. The van der Waals surface area contributed by atoms with Gasteiger partial charge in [-0.05, 0) is 71.7 Å². The predicted octanol–water partition coefficient (Wildman–Crippen LogP) is 5.43. The zero-order valence-electron chi connectivity index (χ0n) is 17.7. The highest BCUT2D eigenvalue weighted by Gasteiger charge is 2.28. The Bertz CT molecular complexity index is 1190. The van der Waals surface area contributed by atoms with Crippen LogP contribution in [-0.4, -0.2) is 27.6 Å². The Morgan fingerprint density at radius 2 is 1.97 bits per heavy atom. The maximum absolute atomic E-state index is 12.2. The van der Waals surface area contributed by atoms with E-state index in [1.165, 1.54) is 16.9 Å². The van der Waals surface area contributed by atoms with Crippen LogP contribution >= 0.6 is 46.9 Å². The van der Waals surface area contributed by atoms with Crippen molar-refractivity contribution in [2.45, 2.75) is 35.4 Å². The first-order valence-corrected chi connectivity index (χ1v) is 13.4. The lowest BCUT2D eigenvalue weighted by Crippen LogP contribution is -2.34. The Morgan fingerprint density at radius 1 is 1.15 bits per heavy atom. The molecule has 1 aliphatic rings. The molecule has 3 aromatic rings. The van der Waals surface area contributed by atoms with E-state index in [0.29, 0.717) is 26.4 Å². The molecule has 2 unspecified atom stereocenters. The van der Waals surface area contributed by atoms with E-state index in [4.69, 9.17) is 33.7 Å². The summed E-state index contributed by atoms with van der Waals surface area (Å²) in [6.45, 7) is 0.407. The van der Waals surface area contributed by atoms with Crippen LogP contribution in [0.25, 0.3) is 0 Å². The SMILES string of the molecule is Cl.NC1CCc2ccc(OCCNS(=O)(=O)c3cccs3)cc2C1Cc1ccc(Cl)cc1Cl. The maximum atomic E-state index is 12.2. The fraction of sp³-hybridized carbons (Fsp3) is 0.304. The van der Waals surface area contributed by atoms with E-state index in [0.717, 1.165) is 24.0 Å². The number of thiophene rings is 1. The average Bonchev–Trinajstić information content (AvgIpc) is 3.31. The van der Waals surface area contributed by atoms with Gasteiger partial charge in [0.05, 0.1) is 0 Å². The molecule has 1 aliphatic carbocycles. The van der Waals surface area contributed by atoms with Gasteiger partial charge in [-0.25, -0.2) is 13.1 Å². The van der Waals surface area contributed by atoms with Crippen molar-refractivity contribution in [2.24, 2.45) is 5.73 Å². The normalized spacial score (nSPS) is 17.8. The van der Waals surface area contributed by atoms with Gasteiger partial charge in [0.15, 0.2) is 0 Å². The van der Waals surface area contributed by atoms with Gasteiger partial charge in [-0.3, -0.25) is 0 Å². The monoisotopic (exact) mass is 546 g/mol. The first-order chi connectivity index (χ1) is 15.3. The second-order valence-electron chi connectivity index (χ2n) is 7.79. The van der Waals surface area contributed by atoms with Crippen LogP contribution < -0.4 is 15.2 Å². The highest BCUT2D eigenvalue weighted by atomic mass is 35.5. The third-order valence-electron chi connectivity index (χ3n) is 5.66. The summed E-state index contributed by atoms with van der Waals surface area (Å²) in [4.78, 5) is 0. The summed E-state index contributed by atoms with van der Waals surface area (Å²) in [7, 11) is -3.49. The first-order valence-electron chi connectivity index (χ1n) is 10.3. The molecule has 0 bridgehead atoms. The lowest BCUT2D eigenvalue weighted by Gasteiger charge is -2.32. The topological polar surface area (TPSA) is 81.4 Å². The number of hydrogen-bond donors (Lipinski definition) is 2. The van der Waals surface area contributed by atoms with E-state index in [1.54, 1.807) is 23.6 Å². The summed E-state index contributed by atoms with van der Waals surface area (Å²) in [5.41, 5.74) is 9.93. The van der Waals surface area contributed by atoms with Crippen LogP contribution in [0.4, 0.5) is 0 Å². The van der Waals surface area contributed by atoms with E-state index in [-0.39, 0.29) is 37.5 Å². The zero-order valence-corrected chi connectivity index (χ0v) is 21.6. The van der Waals surface area contributed by atoms with Crippen LogP contribution in [0.2, 0.25) is 10.0 Å². The molecule has 5 nitrogen and oxygen atoms in total. The molecule has 2 aromatic carbocycles. The van der Waals surface area contributed by atoms with Crippen LogP contribution in [0.3, 0.4) is 0 Å². The van der Waals surface area contributed by atoms with Crippen LogP contribution in [0, 0.1) is 0 Å². The third-order valence-corrected chi connectivity index (χ3v) is 9.10. The molecule has 0 aliphatic heterocycles. The van der Waals surface area contributed by atoms with E-state index in [2.05, 4.69) is 10.8 Å². The van der Waals surface area contributed by atoms with Crippen molar-refractivity contribution in [2.75, 3.05) is 13.2 Å². The minimum absolute atomic E-state index is 0. The average molecular weight is 548 g/mol. The molecule has 178 valence electrons. The highest BCUT2D eigenvalue weighted by molar-refractivity contribution is 7.91. The molecule has 0 amide bonds. The predicted molar refractivity (Wildman–Crippen MR) is 138 cm³/mol. The molecule has 10 heteroatoms. The Morgan fingerprint density at radius 3 is 2.70 bits per heavy atom. The van der Waals surface area contributed by atoms with Crippen LogP contribution in [-0.2, 0) is 22.9 Å². The van der Waals surface area contributed by atoms with Gasteiger partial charge in [-0.1, -0.05) is 41.4 Å². The summed E-state index contributed by atoms with van der Waals surface area (Å²) in [5, 5.41) is 2.98. The van der Waals surface area contributed by atoms with Gasteiger partial charge in [0.25, 0.3) is 0 Å². The quantitative estimate of drug-likeness (QED) is 0.368. The summed E-state index contributed by atoms with van der Waals surface area (Å²) < 4.78 is 33.1. The molecule has 3 N–H and O–H groups in total. The van der Waals surface area contributed by atoms with Gasteiger partial charge >= 0.3 is 0 Å². The van der Waals surface area contributed by atoms with Gasteiger partial charge in [-0.15, -0.1) is 23.7 Å². The number of halogens is 3. The number of ether oxygens (including phenoxy) is 1. The number of hydrogen-bond acceptors (Lipinski definition) is 5. The highest BCUT2D eigenvalue weighted by Crippen LogP contribution is 2.37. The minimum Gasteiger partial charge on any atom is -0.492 e. The number of benzene rings is 2.